The Labute approximate surface area is 106 Å². The largest absolute Gasteiger partial charge is 0.389 e. The average Bonchev–Trinajstić information content (AvgIpc) is 2.18. The van der Waals surface area contributed by atoms with Crippen LogP contribution in [0.5, 0.6) is 0 Å². The summed E-state index contributed by atoms with van der Waals surface area (Å²) in [4.78, 5) is 3.83. The number of rotatable bonds is 4. The van der Waals surface area contributed by atoms with E-state index in [0.29, 0.717) is 0 Å². The lowest BCUT2D eigenvalue weighted by molar-refractivity contribution is -0.134. The number of nitrogens with one attached hydrogen (secondary N) is 1. The molecule has 0 unspecified atom stereocenters. The average molecular weight is 288 g/mol. The highest BCUT2D eigenvalue weighted by molar-refractivity contribution is 6.37. The summed E-state index contributed by atoms with van der Waals surface area (Å²) in [6.45, 7) is 0.104. The molecule has 0 amide bonds. The van der Waals surface area contributed by atoms with Gasteiger partial charge in [-0.2, -0.15) is 13.2 Å². The molecule has 1 heterocycles. The second kappa shape index (κ2) is 5.64. The summed E-state index contributed by atoms with van der Waals surface area (Å²) >= 11 is 11.4. The minimum absolute atomic E-state index is 0.0654. The van der Waals surface area contributed by atoms with E-state index in [4.69, 9.17) is 28.9 Å². The summed E-state index contributed by atoms with van der Waals surface area (Å²) < 4.78 is 35.6. The van der Waals surface area contributed by atoms with Gasteiger partial charge < -0.3 is 11.1 Å². The van der Waals surface area contributed by atoms with Crippen LogP contribution in [-0.4, -0.2) is 17.7 Å². The molecule has 0 fully saturated rings. The van der Waals surface area contributed by atoms with Crippen LogP contribution in [-0.2, 0) is 0 Å². The molecule has 0 spiro atoms. The first kappa shape index (κ1) is 14.2. The summed E-state index contributed by atoms with van der Waals surface area (Å²) in [7, 11) is 0. The molecule has 0 saturated carbocycles. The second-order valence-electron chi connectivity index (χ2n) is 3.33. The van der Waals surface area contributed by atoms with Crippen LogP contribution in [0.2, 0.25) is 10.0 Å². The van der Waals surface area contributed by atoms with Gasteiger partial charge in [-0.05, 0) is 12.5 Å². The van der Waals surface area contributed by atoms with Crippen molar-refractivity contribution in [2.75, 3.05) is 17.6 Å². The molecule has 1 aromatic rings. The fourth-order valence-corrected chi connectivity index (χ4v) is 1.53. The first-order valence-corrected chi connectivity index (χ1v) is 5.47. The van der Waals surface area contributed by atoms with Crippen molar-refractivity contribution in [1.29, 1.82) is 0 Å². The van der Waals surface area contributed by atoms with E-state index >= 15 is 0 Å². The predicted octanol–water partition coefficient (Wildman–Crippen LogP) is 3.73. The molecule has 0 aromatic carbocycles. The number of pyridine rings is 1. The lowest BCUT2D eigenvalue weighted by atomic mass is 10.3. The van der Waals surface area contributed by atoms with Crippen LogP contribution in [0.1, 0.15) is 12.8 Å². The van der Waals surface area contributed by atoms with Gasteiger partial charge in [-0.25, -0.2) is 4.98 Å². The zero-order chi connectivity index (χ0) is 13.1. The lowest BCUT2D eigenvalue weighted by Crippen LogP contribution is -2.12. The Bertz CT molecular complexity index is 396. The molecule has 17 heavy (non-hydrogen) atoms. The molecular formula is C9H10Cl2F3N3. The smallest absolute Gasteiger partial charge is 0.382 e. The first-order chi connectivity index (χ1) is 7.79. The highest BCUT2D eigenvalue weighted by atomic mass is 35.5. The van der Waals surface area contributed by atoms with Crippen molar-refractivity contribution in [2.45, 2.75) is 19.0 Å². The maximum absolute atomic E-state index is 11.9. The highest BCUT2D eigenvalue weighted by Gasteiger charge is 2.25. The Balaban J connectivity index is 2.50. The number of hydrogen-bond donors (Lipinski definition) is 2. The standard InChI is InChI=1S/C9H10Cl2F3N3/c10-5-4-6(11)8(17-7(5)15)16-3-1-2-9(12,13)14/h4H,1-3H2,(H3,15,16,17). The van der Waals surface area contributed by atoms with Crippen molar-refractivity contribution in [3.8, 4) is 0 Å². The quantitative estimate of drug-likeness (QED) is 0.830. The molecule has 0 atom stereocenters. The number of hydrogen-bond acceptors (Lipinski definition) is 3. The molecule has 8 heteroatoms. The van der Waals surface area contributed by atoms with Gasteiger partial charge in [0.2, 0.25) is 0 Å². The van der Waals surface area contributed by atoms with Gasteiger partial charge >= 0.3 is 6.18 Å². The van der Waals surface area contributed by atoms with Crippen LogP contribution in [0.4, 0.5) is 24.8 Å². The minimum atomic E-state index is -4.15. The molecule has 0 saturated heterocycles. The minimum Gasteiger partial charge on any atom is -0.382 e. The molecule has 3 N–H and O–H groups in total. The maximum atomic E-state index is 11.9. The Morgan fingerprint density at radius 3 is 2.53 bits per heavy atom. The van der Waals surface area contributed by atoms with Gasteiger partial charge in [-0.3, -0.25) is 0 Å². The van der Waals surface area contributed by atoms with Crippen LogP contribution in [0.25, 0.3) is 0 Å². The molecule has 1 aromatic heterocycles. The number of halogens is 5. The molecule has 0 aliphatic rings. The molecule has 0 aliphatic carbocycles. The Morgan fingerprint density at radius 1 is 1.29 bits per heavy atom. The monoisotopic (exact) mass is 287 g/mol. The van der Waals surface area contributed by atoms with Gasteiger partial charge in [0.1, 0.15) is 11.6 Å². The summed E-state index contributed by atoms with van der Waals surface area (Å²) in [5.74, 6) is 0.310. The zero-order valence-electron chi connectivity index (χ0n) is 8.61. The molecule has 0 bridgehead atoms. The van der Waals surface area contributed by atoms with E-state index in [9.17, 15) is 13.2 Å². The molecule has 0 radical (unpaired) electrons. The Morgan fingerprint density at radius 2 is 1.94 bits per heavy atom. The zero-order valence-corrected chi connectivity index (χ0v) is 10.1. The SMILES string of the molecule is Nc1nc(NCCCC(F)(F)F)c(Cl)cc1Cl. The van der Waals surface area contributed by atoms with Crippen molar-refractivity contribution in [2.24, 2.45) is 0 Å². The van der Waals surface area contributed by atoms with Gasteiger partial charge in [0, 0.05) is 13.0 Å². The molecule has 0 aliphatic heterocycles. The van der Waals surface area contributed by atoms with Crippen molar-refractivity contribution >= 4 is 34.8 Å². The third-order valence-electron chi connectivity index (χ3n) is 1.89. The van der Waals surface area contributed by atoms with Crippen LogP contribution in [0, 0.1) is 0 Å². The topological polar surface area (TPSA) is 50.9 Å². The van der Waals surface area contributed by atoms with Crippen molar-refractivity contribution in [3.05, 3.63) is 16.1 Å². The molecule has 3 nitrogen and oxygen atoms in total. The van der Waals surface area contributed by atoms with Crippen molar-refractivity contribution < 1.29 is 13.2 Å². The molecule has 1 rings (SSSR count). The number of aromatic nitrogens is 1. The van der Waals surface area contributed by atoms with Gasteiger partial charge in [0.25, 0.3) is 0 Å². The summed E-state index contributed by atoms with van der Waals surface area (Å²) in [5, 5.41) is 3.10. The summed E-state index contributed by atoms with van der Waals surface area (Å²) in [6.07, 6.45) is -5.08. The van der Waals surface area contributed by atoms with Crippen LogP contribution >= 0.6 is 23.2 Å². The predicted molar refractivity (Wildman–Crippen MR) is 62.4 cm³/mol. The number of nitrogen functional groups attached to an aromatic ring is 1. The Hall–Kier alpha value is -0.880. The third kappa shape index (κ3) is 4.87. The van der Waals surface area contributed by atoms with Gasteiger partial charge in [0.15, 0.2) is 0 Å². The van der Waals surface area contributed by atoms with Crippen LogP contribution < -0.4 is 11.1 Å². The number of anilines is 2. The lowest BCUT2D eigenvalue weighted by Gasteiger charge is -2.10. The van der Waals surface area contributed by atoms with Crippen LogP contribution in [0.15, 0.2) is 6.07 Å². The summed E-state index contributed by atoms with van der Waals surface area (Å²) in [6, 6.07) is 1.39. The van der Waals surface area contributed by atoms with E-state index in [1.54, 1.807) is 0 Å². The number of nitrogens with zero attached hydrogens (tertiary/aromatic N) is 1. The second-order valence-corrected chi connectivity index (χ2v) is 4.15. The van der Waals surface area contributed by atoms with E-state index in [-0.39, 0.29) is 34.6 Å². The fourth-order valence-electron chi connectivity index (χ4n) is 1.10. The van der Waals surface area contributed by atoms with E-state index in [1.165, 1.54) is 6.07 Å². The fraction of sp³-hybridized carbons (Fsp3) is 0.444. The van der Waals surface area contributed by atoms with Gasteiger partial charge in [-0.1, -0.05) is 23.2 Å². The third-order valence-corrected chi connectivity index (χ3v) is 2.48. The van der Waals surface area contributed by atoms with Crippen molar-refractivity contribution in [1.82, 2.24) is 4.98 Å². The van der Waals surface area contributed by atoms with E-state index in [2.05, 4.69) is 10.3 Å². The van der Waals surface area contributed by atoms with E-state index in [0.717, 1.165) is 0 Å². The highest BCUT2D eigenvalue weighted by Crippen LogP contribution is 2.27. The van der Waals surface area contributed by atoms with E-state index in [1.807, 2.05) is 0 Å². The van der Waals surface area contributed by atoms with E-state index < -0.39 is 12.6 Å². The molecular weight excluding hydrogens is 278 g/mol. The number of nitrogens with two attached hydrogens (primary N) is 1. The van der Waals surface area contributed by atoms with Crippen molar-refractivity contribution in [3.63, 3.8) is 0 Å². The van der Waals surface area contributed by atoms with Gasteiger partial charge in [0.05, 0.1) is 10.0 Å². The summed E-state index contributed by atoms with van der Waals surface area (Å²) in [5.41, 5.74) is 5.44. The maximum Gasteiger partial charge on any atom is 0.389 e. The van der Waals surface area contributed by atoms with Gasteiger partial charge in [-0.15, -0.1) is 0 Å². The molecule has 96 valence electrons. The van der Waals surface area contributed by atoms with Crippen LogP contribution in [0.3, 0.4) is 0 Å². The first-order valence-electron chi connectivity index (χ1n) is 4.72. The number of alkyl halides is 3. The normalized spacial score (nSPS) is 11.6. The Kier molecular flexibility index (Phi) is 4.70.